The lowest BCUT2D eigenvalue weighted by atomic mass is 10.1. The molecule has 0 aliphatic carbocycles. The highest BCUT2D eigenvalue weighted by Gasteiger charge is 2.29. The van der Waals surface area contributed by atoms with Crippen molar-refractivity contribution in [3.05, 3.63) is 12.7 Å². The molecule has 130 valence electrons. The first-order valence-electron chi connectivity index (χ1n) is 6.07. The van der Waals surface area contributed by atoms with Crippen molar-refractivity contribution in [2.75, 3.05) is 9.74 Å². The van der Waals surface area contributed by atoms with Gasteiger partial charge in [0.1, 0.15) is 3.57 Å². The molecule has 24 heavy (non-hydrogen) atoms. The van der Waals surface area contributed by atoms with Gasteiger partial charge in [-0.1, -0.05) is 22.6 Å². The minimum absolute atomic E-state index is 0.0245. The van der Waals surface area contributed by atoms with Gasteiger partial charge in [0, 0.05) is 13.8 Å². The van der Waals surface area contributed by atoms with Crippen LogP contribution in [0.15, 0.2) is 0 Å². The Labute approximate surface area is 182 Å². The van der Waals surface area contributed by atoms with Gasteiger partial charge in [0.05, 0.1) is 19.2 Å². The number of halogens is 4. The van der Waals surface area contributed by atoms with Gasteiger partial charge in [-0.2, -0.15) is 0 Å². The fraction of sp³-hybridized carbons (Fsp3) is 0.231. The van der Waals surface area contributed by atoms with Crippen LogP contribution in [0.4, 0.5) is 5.69 Å². The Kier molecular flexibility index (Phi) is 8.61. The summed E-state index contributed by atoms with van der Waals surface area (Å²) in [6, 6.07) is 0. The van der Waals surface area contributed by atoms with E-state index >= 15 is 0 Å². The Morgan fingerprint density at radius 1 is 1.00 bits per heavy atom. The predicted molar refractivity (Wildman–Crippen MR) is 112 cm³/mol. The van der Waals surface area contributed by atoms with Gasteiger partial charge in [0.2, 0.25) is 5.91 Å². The number of anilines is 1. The molecule has 0 atom stereocenters. The van der Waals surface area contributed by atoms with Crippen LogP contribution < -0.4 is 14.8 Å². The number of amides is 1. The molecular formula is C13H9ClI3NO6. The van der Waals surface area contributed by atoms with E-state index in [1.165, 1.54) is 6.92 Å². The second kappa shape index (κ2) is 9.47. The first kappa shape index (κ1) is 21.8. The molecule has 0 saturated carbocycles. The summed E-state index contributed by atoms with van der Waals surface area (Å²) in [5.74, 6) is -1.81. The number of carbonyl (C=O) groups excluding carboxylic acids is 4. The Balaban J connectivity index is 3.80. The summed E-state index contributed by atoms with van der Waals surface area (Å²) in [5, 5.41) is 1.60. The van der Waals surface area contributed by atoms with E-state index < -0.39 is 23.1 Å². The number of alkyl halides is 1. The average Bonchev–Trinajstić information content (AvgIpc) is 2.46. The Morgan fingerprint density at radius 2 is 1.50 bits per heavy atom. The van der Waals surface area contributed by atoms with Crippen molar-refractivity contribution in [2.24, 2.45) is 0 Å². The van der Waals surface area contributed by atoms with E-state index in [2.05, 4.69) is 5.32 Å². The zero-order valence-corrected chi connectivity index (χ0v) is 19.4. The average molecular weight is 691 g/mol. The lowest BCUT2D eigenvalue weighted by molar-refractivity contribution is -0.132. The highest BCUT2D eigenvalue weighted by Crippen LogP contribution is 2.45. The number of hydrogen-bond donors (Lipinski definition) is 1. The fourth-order valence-electron chi connectivity index (χ4n) is 1.60. The molecule has 0 bridgehead atoms. The fourth-order valence-corrected chi connectivity index (χ4v) is 4.30. The van der Waals surface area contributed by atoms with Crippen LogP contribution in [-0.2, 0) is 14.4 Å². The minimum Gasteiger partial charge on any atom is -0.424 e. The normalized spacial score (nSPS) is 10.1. The largest absolute Gasteiger partial charge is 0.424 e. The quantitative estimate of drug-likeness (QED) is 0.167. The smallest absolute Gasteiger partial charge is 0.308 e. The van der Waals surface area contributed by atoms with Crippen LogP contribution in [0, 0.1) is 7.14 Å². The molecule has 0 aliphatic heterocycles. The number of hydrogen-bond acceptors (Lipinski definition) is 6. The van der Waals surface area contributed by atoms with E-state index in [0.717, 1.165) is 6.92 Å². The topological polar surface area (TPSA) is 98.8 Å². The van der Waals surface area contributed by atoms with E-state index in [9.17, 15) is 19.2 Å². The maximum atomic E-state index is 11.9. The van der Waals surface area contributed by atoms with Crippen molar-refractivity contribution in [3.63, 3.8) is 0 Å². The van der Waals surface area contributed by atoms with Crippen molar-refractivity contribution in [1.29, 1.82) is 0 Å². The summed E-state index contributed by atoms with van der Waals surface area (Å²) in [4.78, 5) is 46.4. The summed E-state index contributed by atoms with van der Waals surface area (Å²) < 4.78 is 10.8. The zero-order chi connectivity index (χ0) is 18.6. The van der Waals surface area contributed by atoms with Gasteiger partial charge in [-0.25, -0.2) is 0 Å². The van der Waals surface area contributed by atoms with Crippen molar-refractivity contribution in [1.82, 2.24) is 0 Å². The standard InChI is InChI=1S/C13H9ClI3NO6/c1-4(19)23-11-8(16)7(13(14)22)10(18-6(21)3-15)12(9(11)17)24-5(2)20/h3H2,1-2H3,(H,18,21). The SMILES string of the molecule is CC(=O)Oc1c(I)c(OC(C)=O)c(NC(=O)CI)c(C(=O)Cl)c1I. The summed E-state index contributed by atoms with van der Waals surface area (Å²) >= 11 is 11.0. The lowest BCUT2D eigenvalue weighted by Gasteiger charge is -2.19. The van der Waals surface area contributed by atoms with Gasteiger partial charge in [0.15, 0.2) is 11.5 Å². The minimum atomic E-state index is -0.902. The van der Waals surface area contributed by atoms with Crippen LogP contribution in [0.5, 0.6) is 11.5 Å². The van der Waals surface area contributed by atoms with Gasteiger partial charge in [-0.15, -0.1) is 0 Å². The highest BCUT2D eigenvalue weighted by molar-refractivity contribution is 14.1. The molecular weight excluding hydrogens is 682 g/mol. The van der Waals surface area contributed by atoms with Crippen LogP contribution in [0.1, 0.15) is 24.2 Å². The van der Waals surface area contributed by atoms with Gasteiger partial charge in [0.25, 0.3) is 5.24 Å². The molecule has 0 saturated heterocycles. The maximum absolute atomic E-state index is 11.9. The van der Waals surface area contributed by atoms with Gasteiger partial charge in [-0.3, -0.25) is 19.2 Å². The third-order valence-electron chi connectivity index (χ3n) is 2.37. The molecule has 1 N–H and O–H groups in total. The number of ether oxygens (including phenoxy) is 2. The molecule has 1 rings (SSSR count). The second-order valence-corrected chi connectivity index (χ2v) is 7.44. The number of rotatable bonds is 5. The van der Waals surface area contributed by atoms with Crippen molar-refractivity contribution >= 4 is 108 Å². The molecule has 7 nitrogen and oxygen atoms in total. The van der Waals surface area contributed by atoms with Gasteiger partial charge in [-0.05, 0) is 56.8 Å². The Bertz CT molecular complexity index is 737. The molecule has 0 spiro atoms. The Morgan fingerprint density at radius 3 is 1.92 bits per heavy atom. The molecule has 1 amide bonds. The number of esters is 2. The first-order valence-corrected chi connectivity index (χ1v) is 10.1. The van der Waals surface area contributed by atoms with E-state index in [1.807, 2.05) is 22.6 Å². The molecule has 0 radical (unpaired) electrons. The molecule has 1 aromatic carbocycles. The van der Waals surface area contributed by atoms with Crippen LogP contribution >= 0.6 is 79.4 Å². The van der Waals surface area contributed by atoms with E-state index in [4.69, 9.17) is 21.1 Å². The van der Waals surface area contributed by atoms with Crippen molar-refractivity contribution in [3.8, 4) is 11.5 Å². The lowest BCUT2D eigenvalue weighted by Crippen LogP contribution is -2.19. The van der Waals surface area contributed by atoms with Crippen LogP contribution in [0.25, 0.3) is 0 Å². The maximum Gasteiger partial charge on any atom is 0.308 e. The second-order valence-electron chi connectivity index (χ2n) is 4.18. The van der Waals surface area contributed by atoms with Crippen LogP contribution in [0.3, 0.4) is 0 Å². The molecule has 0 heterocycles. The molecule has 0 aliphatic rings. The molecule has 1 aromatic rings. The summed E-state index contributed by atoms with van der Waals surface area (Å²) in [5.41, 5.74) is -0.167. The molecule has 11 heteroatoms. The molecule has 0 unspecified atom stereocenters. The van der Waals surface area contributed by atoms with E-state index in [1.54, 1.807) is 45.2 Å². The molecule has 0 aromatic heterocycles. The first-order chi connectivity index (χ1) is 11.1. The third-order valence-corrected chi connectivity index (χ3v) is 5.26. The monoisotopic (exact) mass is 691 g/mol. The molecule has 0 fully saturated rings. The highest BCUT2D eigenvalue weighted by atomic mass is 127. The van der Waals surface area contributed by atoms with Gasteiger partial charge < -0.3 is 14.8 Å². The number of carbonyl (C=O) groups is 4. The number of nitrogens with one attached hydrogen (secondary N) is 1. The van der Waals surface area contributed by atoms with E-state index in [-0.39, 0.29) is 34.3 Å². The number of benzene rings is 1. The van der Waals surface area contributed by atoms with Gasteiger partial charge >= 0.3 is 11.9 Å². The predicted octanol–water partition coefficient (Wildman–Crippen LogP) is 3.50. The van der Waals surface area contributed by atoms with Crippen LogP contribution in [-0.4, -0.2) is 27.5 Å². The third kappa shape index (κ3) is 5.39. The van der Waals surface area contributed by atoms with Crippen LogP contribution in [0.2, 0.25) is 0 Å². The summed E-state index contributed by atoms with van der Waals surface area (Å²) in [6.45, 7) is 2.34. The zero-order valence-electron chi connectivity index (χ0n) is 12.2. The Hall–Kier alpha value is -0.220. The summed E-state index contributed by atoms with van der Waals surface area (Å²) in [6.07, 6.45) is 0. The van der Waals surface area contributed by atoms with E-state index in [0.29, 0.717) is 0 Å². The van der Waals surface area contributed by atoms with Crippen molar-refractivity contribution < 1.29 is 28.7 Å². The summed E-state index contributed by atoms with van der Waals surface area (Å²) in [7, 11) is 0. The van der Waals surface area contributed by atoms with Crippen molar-refractivity contribution in [2.45, 2.75) is 13.8 Å².